The molecular formula is C15H13BrN2OS. The van der Waals surface area contributed by atoms with Gasteiger partial charge in [-0.3, -0.25) is 4.79 Å². The molecule has 0 saturated heterocycles. The zero-order valence-corrected chi connectivity index (χ0v) is 13.4. The van der Waals surface area contributed by atoms with Crippen LogP contribution in [-0.4, -0.2) is 22.5 Å². The van der Waals surface area contributed by atoms with E-state index in [1.54, 1.807) is 0 Å². The van der Waals surface area contributed by atoms with Crippen molar-refractivity contribution in [1.29, 1.82) is 0 Å². The van der Waals surface area contributed by atoms with Gasteiger partial charge in [0, 0.05) is 22.3 Å². The highest BCUT2D eigenvalue weighted by atomic mass is 79.9. The third-order valence-electron chi connectivity index (χ3n) is 3.28. The Morgan fingerprint density at radius 2 is 2.10 bits per heavy atom. The van der Waals surface area contributed by atoms with Crippen molar-refractivity contribution in [2.24, 2.45) is 4.99 Å². The van der Waals surface area contributed by atoms with Crippen LogP contribution in [0.15, 0.2) is 50.4 Å². The predicted molar refractivity (Wildman–Crippen MR) is 87.2 cm³/mol. The van der Waals surface area contributed by atoms with Crippen LogP contribution in [0.5, 0.6) is 0 Å². The van der Waals surface area contributed by atoms with Crippen LogP contribution in [0.25, 0.3) is 6.08 Å². The monoisotopic (exact) mass is 348 g/mol. The minimum absolute atomic E-state index is 0.124. The van der Waals surface area contributed by atoms with Crippen molar-refractivity contribution in [2.45, 2.75) is 13.3 Å². The lowest BCUT2D eigenvalue weighted by Crippen LogP contribution is -2.22. The number of amidine groups is 1. The fourth-order valence-corrected chi connectivity index (χ4v) is 3.33. The molecule has 3 nitrogen and oxygen atoms in total. The number of hydrogen-bond donors (Lipinski definition) is 0. The summed E-state index contributed by atoms with van der Waals surface area (Å²) in [5.74, 6) is -0.124. The average Bonchev–Trinajstić information content (AvgIpc) is 2.69. The SMILES string of the molecule is CC1=CSC2=NC(=O)/C(=C/c3ccc(Br)cc3)CCN12. The van der Waals surface area contributed by atoms with Gasteiger partial charge in [-0.05, 0) is 42.5 Å². The number of carbonyl (C=O) groups is 1. The normalized spacial score (nSPS) is 20.6. The highest BCUT2D eigenvalue weighted by Crippen LogP contribution is 2.29. The molecule has 2 heterocycles. The molecule has 0 aliphatic carbocycles. The molecule has 0 fully saturated rings. The Bertz CT molecular complexity index is 646. The van der Waals surface area contributed by atoms with E-state index in [1.165, 1.54) is 11.8 Å². The molecule has 1 aromatic carbocycles. The van der Waals surface area contributed by atoms with E-state index >= 15 is 0 Å². The summed E-state index contributed by atoms with van der Waals surface area (Å²) in [6, 6.07) is 7.92. The van der Waals surface area contributed by atoms with Crippen LogP contribution in [-0.2, 0) is 4.79 Å². The zero-order chi connectivity index (χ0) is 14.1. The number of fused-ring (bicyclic) bond motifs is 1. The van der Waals surface area contributed by atoms with Crippen LogP contribution < -0.4 is 0 Å². The first-order valence-corrected chi connectivity index (χ1v) is 8.01. The maximum atomic E-state index is 12.2. The molecule has 2 aliphatic rings. The molecule has 5 heteroatoms. The highest BCUT2D eigenvalue weighted by molar-refractivity contribution is 9.10. The number of benzene rings is 1. The van der Waals surface area contributed by atoms with E-state index in [-0.39, 0.29) is 5.91 Å². The highest BCUT2D eigenvalue weighted by Gasteiger charge is 2.25. The Balaban J connectivity index is 1.87. The van der Waals surface area contributed by atoms with E-state index in [0.29, 0.717) is 6.42 Å². The zero-order valence-electron chi connectivity index (χ0n) is 11.0. The van der Waals surface area contributed by atoms with Crippen molar-refractivity contribution in [3.63, 3.8) is 0 Å². The van der Waals surface area contributed by atoms with Crippen molar-refractivity contribution in [2.75, 3.05) is 6.54 Å². The molecule has 0 N–H and O–H groups in total. The minimum Gasteiger partial charge on any atom is -0.324 e. The summed E-state index contributed by atoms with van der Waals surface area (Å²) in [5.41, 5.74) is 2.95. The molecule has 0 radical (unpaired) electrons. The number of thioether (sulfide) groups is 1. The van der Waals surface area contributed by atoms with Gasteiger partial charge in [0.15, 0.2) is 5.17 Å². The Morgan fingerprint density at radius 3 is 2.85 bits per heavy atom. The first-order chi connectivity index (χ1) is 9.63. The molecule has 0 spiro atoms. The Hall–Kier alpha value is -1.33. The van der Waals surface area contributed by atoms with E-state index in [9.17, 15) is 4.79 Å². The van der Waals surface area contributed by atoms with Crippen molar-refractivity contribution < 1.29 is 4.79 Å². The molecule has 0 bridgehead atoms. The second-order valence-corrected chi connectivity index (χ2v) is 6.45. The van der Waals surface area contributed by atoms with Gasteiger partial charge >= 0.3 is 0 Å². The summed E-state index contributed by atoms with van der Waals surface area (Å²) in [6.07, 6.45) is 2.65. The molecule has 2 aliphatic heterocycles. The van der Waals surface area contributed by atoms with Crippen LogP contribution in [0.4, 0.5) is 0 Å². The largest absolute Gasteiger partial charge is 0.324 e. The van der Waals surface area contributed by atoms with Crippen LogP contribution in [0.2, 0.25) is 0 Å². The van der Waals surface area contributed by atoms with Gasteiger partial charge < -0.3 is 4.90 Å². The lowest BCUT2D eigenvalue weighted by molar-refractivity contribution is -0.114. The molecule has 0 aromatic heterocycles. The third kappa shape index (κ3) is 2.74. The number of allylic oxidation sites excluding steroid dienone is 1. The molecule has 3 rings (SSSR count). The van der Waals surface area contributed by atoms with Crippen LogP contribution in [0, 0.1) is 0 Å². The summed E-state index contributed by atoms with van der Waals surface area (Å²) >= 11 is 4.93. The molecular weight excluding hydrogens is 336 g/mol. The van der Waals surface area contributed by atoms with Gasteiger partial charge in [-0.1, -0.05) is 39.8 Å². The molecule has 102 valence electrons. The van der Waals surface area contributed by atoms with Gasteiger partial charge in [-0.2, -0.15) is 4.99 Å². The Labute approximate surface area is 130 Å². The van der Waals surface area contributed by atoms with E-state index in [4.69, 9.17) is 0 Å². The van der Waals surface area contributed by atoms with Crippen molar-refractivity contribution in [1.82, 2.24) is 4.90 Å². The van der Waals surface area contributed by atoms with E-state index < -0.39 is 0 Å². The molecule has 0 atom stereocenters. The van der Waals surface area contributed by atoms with Crippen molar-refractivity contribution in [3.05, 3.63) is 51.0 Å². The van der Waals surface area contributed by atoms with Crippen molar-refractivity contribution in [3.8, 4) is 0 Å². The Kier molecular flexibility index (Phi) is 3.81. The number of amides is 1. The number of aliphatic imine (C=N–C) groups is 1. The van der Waals surface area contributed by atoms with Gasteiger partial charge in [0.2, 0.25) is 0 Å². The number of hydrogen-bond acceptors (Lipinski definition) is 3. The maximum absolute atomic E-state index is 12.2. The number of rotatable bonds is 1. The van der Waals surface area contributed by atoms with Gasteiger partial charge in [0.05, 0.1) is 0 Å². The van der Waals surface area contributed by atoms with Crippen LogP contribution >= 0.6 is 27.7 Å². The quantitative estimate of drug-likeness (QED) is 0.718. The smallest absolute Gasteiger partial charge is 0.275 e. The predicted octanol–water partition coefficient (Wildman–Crippen LogP) is 4.03. The van der Waals surface area contributed by atoms with E-state index in [2.05, 4.69) is 25.8 Å². The first kappa shape index (κ1) is 13.6. The number of nitrogens with zero attached hydrogens (tertiary/aromatic N) is 2. The third-order valence-corrected chi connectivity index (χ3v) is 4.79. The molecule has 1 aromatic rings. The lowest BCUT2D eigenvalue weighted by atomic mass is 10.1. The van der Waals surface area contributed by atoms with Gasteiger partial charge in [0.25, 0.3) is 5.91 Å². The number of carbonyl (C=O) groups excluding carboxylic acids is 1. The molecule has 20 heavy (non-hydrogen) atoms. The molecule has 0 saturated carbocycles. The second kappa shape index (κ2) is 5.58. The maximum Gasteiger partial charge on any atom is 0.275 e. The summed E-state index contributed by atoms with van der Waals surface area (Å²) in [5, 5.41) is 2.84. The van der Waals surface area contributed by atoms with Gasteiger partial charge in [-0.15, -0.1) is 0 Å². The standard InChI is InChI=1S/C15H13BrN2OS/c1-10-9-20-15-17-14(19)12(6-7-18(10)15)8-11-2-4-13(16)5-3-11/h2-5,8-9H,6-7H2,1H3/b12-8+. The summed E-state index contributed by atoms with van der Waals surface area (Å²) in [7, 11) is 0. The lowest BCUT2D eigenvalue weighted by Gasteiger charge is -2.17. The second-order valence-electron chi connectivity index (χ2n) is 4.70. The fourth-order valence-electron chi connectivity index (χ4n) is 2.17. The topological polar surface area (TPSA) is 32.7 Å². The summed E-state index contributed by atoms with van der Waals surface area (Å²) < 4.78 is 1.03. The van der Waals surface area contributed by atoms with E-state index in [0.717, 1.165) is 33.0 Å². The summed E-state index contributed by atoms with van der Waals surface area (Å²) in [6.45, 7) is 2.85. The Morgan fingerprint density at radius 1 is 1.35 bits per heavy atom. The molecule has 1 amide bonds. The van der Waals surface area contributed by atoms with Gasteiger partial charge in [0.1, 0.15) is 0 Å². The minimum atomic E-state index is -0.124. The number of halogens is 1. The van der Waals surface area contributed by atoms with Gasteiger partial charge in [-0.25, -0.2) is 0 Å². The van der Waals surface area contributed by atoms with Crippen LogP contribution in [0.3, 0.4) is 0 Å². The average molecular weight is 349 g/mol. The first-order valence-electron chi connectivity index (χ1n) is 6.33. The summed E-state index contributed by atoms with van der Waals surface area (Å²) in [4.78, 5) is 18.5. The molecule has 0 unspecified atom stereocenters. The fraction of sp³-hybridized carbons (Fsp3) is 0.200. The van der Waals surface area contributed by atoms with E-state index in [1.807, 2.05) is 42.7 Å². The van der Waals surface area contributed by atoms with Crippen molar-refractivity contribution >= 4 is 44.8 Å². The van der Waals surface area contributed by atoms with Crippen LogP contribution in [0.1, 0.15) is 18.9 Å².